The monoisotopic (exact) mass is 520 g/mol. The lowest BCUT2D eigenvalue weighted by Crippen LogP contribution is -2.49. The summed E-state index contributed by atoms with van der Waals surface area (Å²) in [6.07, 6.45) is 1.46. The smallest absolute Gasteiger partial charge is 0.251 e. The third-order valence-corrected chi connectivity index (χ3v) is 5.67. The Morgan fingerprint density at radius 3 is 2.66 bits per heavy atom. The Labute approximate surface area is 218 Å². The topological polar surface area (TPSA) is 138 Å². The van der Waals surface area contributed by atoms with Gasteiger partial charge in [0.2, 0.25) is 18.5 Å². The van der Waals surface area contributed by atoms with Crippen LogP contribution in [0, 0.1) is 6.92 Å². The van der Waals surface area contributed by atoms with Crippen molar-refractivity contribution in [1.82, 2.24) is 30.4 Å². The summed E-state index contributed by atoms with van der Waals surface area (Å²) in [6, 6.07) is 11.2. The standard InChI is InChI=1S/C26H28N6O6/c1-16-7-9-20(38-16)24-28-30-32(29-24)14-22(33)31(13-17-8-10-18-21(12-17)37-15-36-18)23(19-6-5-11-35-19)25(34)27-26(2,3)4/h5-12,23H,13-15H2,1-4H3,(H,27,34)/t23-/m0/s1. The molecule has 2 amide bonds. The van der Waals surface area contributed by atoms with Crippen LogP contribution in [0.4, 0.5) is 0 Å². The molecule has 0 unspecified atom stereocenters. The molecule has 12 heteroatoms. The lowest BCUT2D eigenvalue weighted by Gasteiger charge is -2.32. The fourth-order valence-corrected chi connectivity index (χ4v) is 4.04. The van der Waals surface area contributed by atoms with Crippen LogP contribution in [0.5, 0.6) is 11.5 Å². The minimum absolute atomic E-state index is 0.0807. The number of aromatic nitrogens is 4. The fourth-order valence-electron chi connectivity index (χ4n) is 4.04. The quantitative estimate of drug-likeness (QED) is 0.371. The Balaban J connectivity index is 1.47. The van der Waals surface area contributed by atoms with Crippen molar-refractivity contribution >= 4 is 11.8 Å². The van der Waals surface area contributed by atoms with Gasteiger partial charge in [-0.05, 0) is 74.9 Å². The second-order valence-corrected chi connectivity index (χ2v) is 9.92. The van der Waals surface area contributed by atoms with Crippen molar-refractivity contribution in [1.29, 1.82) is 0 Å². The molecular weight excluding hydrogens is 492 g/mol. The SMILES string of the molecule is Cc1ccc(-c2nnn(CC(=O)N(Cc3ccc4c(c3)OCO4)[C@H](C(=O)NC(C)(C)C)c3ccco3)n2)o1. The predicted octanol–water partition coefficient (Wildman–Crippen LogP) is 3.25. The van der Waals surface area contributed by atoms with E-state index < -0.39 is 17.5 Å². The van der Waals surface area contributed by atoms with Gasteiger partial charge in [0.15, 0.2) is 23.3 Å². The van der Waals surface area contributed by atoms with Crippen molar-refractivity contribution in [3.05, 3.63) is 65.8 Å². The minimum Gasteiger partial charge on any atom is -0.467 e. The number of ether oxygens (including phenoxy) is 2. The second kappa shape index (κ2) is 10.0. The average molecular weight is 521 g/mol. The van der Waals surface area contributed by atoms with Gasteiger partial charge in [-0.25, -0.2) is 0 Å². The molecule has 198 valence electrons. The van der Waals surface area contributed by atoms with E-state index in [9.17, 15) is 9.59 Å². The van der Waals surface area contributed by atoms with Crippen LogP contribution < -0.4 is 14.8 Å². The number of furan rings is 2. The molecule has 1 aromatic carbocycles. The zero-order chi connectivity index (χ0) is 26.9. The first-order valence-corrected chi connectivity index (χ1v) is 12.0. The molecule has 5 rings (SSSR count). The Kier molecular flexibility index (Phi) is 6.62. The molecule has 0 radical (unpaired) electrons. The number of hydrogen-bond acceptors (Lipinski definition) is 9. The number of benzene rings is 1. The van der Waals surface area contributed by atoms with E-state index in [1.54, 1.807) is 36.4 Å². The van der Waals surface area contributed by atoms with Crippen LogP contribution in [0.15, 0.2) is 57.6 Å². The first-order chi connectivity index (χ1) is 18.2. The molecule has 3 aromatic heterocycles. The summed E-state index contributed by atoms with van der Waals surface area (Å²) >= 11 is 0. The molecule has 4 aromatic rings. The van der Waals surface area contributed by atoms with Gasteiger partial charge in [-0.2, -0.15) is 4.80 Å². The van der Waals surface area contributed by atoms with Crippen molar-refractivity contribution in [3.63, 3.8) is 0 Å². The predicted molar refractivity (Wildman–Crippen MR) is 133 cm³/mol. The number of nitrogens with zero attached hydrogens (tertiary/aromatic N) is 5. The van der Waals surface area contributed by atoms with Crippen LogP contribution in [-0.4, -0.2) is 49.3 Å². The van der Waals surface area contributed by atoms with Gasteiger partial charge in [0.05, 0.1) is 6.26 Å². The van der Waals surface area contributed by atoms with Crippen molar-refractivity contribution in [2.24, 2.45) is 0 Å². The normalized spacial score (nSPS) is 13.4. The van der Waals surface area contributed by atoms with Crippen molar-refractivity contribution < 1.29 is 27.9 Å². The third kappa shape index (κ3) is 5.53. The van der Waals surface area contributed by atoms with Gasteiger partial charge in [-0.3, -0.25) is 9.59 Å². The molecule has 12 nitrogen and oxygen atoms in total. The molecule has 0 bridgehead atoms. The van der Waals surface area contributed by atoms with E-state index in [4.69, 9.17) is 18.3 Å². The number of hydrogen-bond donors (Lipinski definition) is 1. The van der Waals surface area contributed by atoms with Crippen LogP contribution in [0.25, 0.3) is 11.6 Å². The number of aryl methyl sites for hydroxylation is 1. The maximum atomic E-state index is 13.8. The van der Waals surface area contributed by atoms with Gasteiger partial charge < -0.3 is 28.5 Å². The largest absolute Gasteiger partial charge is 0.467 e. The van der Waals surface area contributed by atoms with E-state index in [2.05, 4.69) is 20.7 Å². The zero-order valence-electron chi connectivity index (χ0n) is 21.5. The molecule has 0 saturated carbocycles. The molecule has 0 saturated heterocycles. The lowest BCUT2D eigenvalue weighted by molar-refractivity contribution is -0.143. The molecular formula is C26H28N6O6. The van der Waals surface area contributed by atoms with Crippen LogP contribution in [0.2, 0.25) is 0 Å². The second-order valence-electron chi connectivity index (χ2n) is 9.92. The molecule has 38 heavy (non-hydrogen) atoms. The number of fused-ring (bicyclic) bond motifs is 1. The van der Waals surface area contributed by atoms with Gasteiger partial charge in [-0.1, -0.05) is 6.07 Å². The summed E-state index contributed by atoms with van der Waals surface area (Å²) in [5, 5.41) is 15.3. The number of carbonyl (C=O) groups excluding carboxylic acids is 2. The third-order valence-electron chi connectivity index (χ3n) is 5.67. The fraction of sp³-hybridized carbons (Fsp3) is 0.346. The highest BCUT2D eigenvalue weighted by molar-refractivity contribution is 5.88. The first kappa shape index (κ1) is 25.1. The highest BCUT2D eigenvalue weighted by Gasteiger charge is 2.36. The van der Waals surface area contributed by atoms with Crippen molar-refractivity contribution in [2.45, 2.75) is 52.4 Å². The van der Waals surface area contributed by atoms with Crippen LogP contribution >= 0.6 is 0 Å². The van der Waals surface area contributed by atoms with E-state index in [0.29, 0.717) is 28.8 Å². The van der Waals surface area contributed by atoms with Gasteiger partial charge in [0.1, 0.15) is 18.1 Å². The van der Waals surface area contributed by atoms with Gasteiger partial charge in [-0.15, -0.1) is 10.2 Å². The highest BCUT2D eigenvalue weighted by Crippen LogP contribution is 2.34. The van der Waals surface area contributed by atoms with Gasteiger partial charge in [0, 0.05) is 12.1 Å². The van der Waals surface area contributed by atoms with Gasteiger partial charge >= 0.3 is 0 Å². The molecule has 0 spiro atoms. The molecule has 1 aliphatic rings. The summed E-state index contributed by atoms with van der Waals surface area (Å²) in [5.74, 6) is 2.09. The molecule has 1 N–H and O–H groups in total. The van der Waals surface area contributed by atoms with E-state index >= 15 is 0 Å². The number of amides is 2. The Hall–Kier alpha value is -4.61. The minimum atomic E-state index is -1.06. The Bertz CT molecular complexity index is 1430. The first-order valence-electron chi connectivity index (χ1n) is 12.0. The Morgan fingerprint density at radius 1 is 1.13 bits per heavy atom. The lowest BCUT2D eigenvalue weighted by atomic mass is 10.1. The number of carbonyl (C=O) groups is 2. The van der Waals surface area contributed by atoms with Crippen LogP contribution in [-0.2, 0) is 22.7 Å². The van der Waals surface area contributed by atoms with E-state index in [0.717, 1.165) is 5.56 Å². The summed E-state index contributed by atoms with van der Waals surface area (Å²) in [6.45, 7) is 7.35. The van der Waals surface area contributed by atoms with Crippen LogP contribution in [0.3, 0.4) is 0 Å². The highest BCUT2D eigenvalue weighted by atomic mass is 16.7. The zero-order valence-corrected chi connectivity index (χ0v) is 21.5. The van der Waals surface area contributed by atoms with Crippen molar-refractivity contribution in [3.8, 4) is 23.1 Å². The summed E-state index contributed by atoms with van der Waals surface area (Å²) in [7, 11) is 0. The molecule has 0 aliphatic carbocycles. The molecule has 0 fully saturated rings. The van der Waals surface area contributed by atoms with Crippen molar-refractivity contribution in [2.75, 3.05) is 6.79 Å². The average Bonchev–Trinajstić information content (AvgIpc) is 3.65. The van der Waals surface area contributed by atoms with E-state index in [-0.39, 0.29) is 31.6 Å². The van der Waals surface area contributed by atoms with E-state index in [1.807, 2.05) is 33.8 Å². The number of tetrazole rings is 1. The molecule has 1 atom stereocenters. The molecule has 4 heterocycles. The number of rotatable bonds is 8. The van der Waals surface area contributed by atoms with Crippen LogP contribution in [0.1, 0.15) is 43.9 Å². The Morgan fingerprint density at radius 2 is 1.95 bits per heavy atom. The summed E-state index contributed by atoms with van der Waals surface area (Å²) in [5.41, 5.74) is 0.194. The van der Waals surface area contributed by atoms with Gasteiger partial charge in [0.25, 0.3) is 5.91 Å². The number of nitrogens with one attached hydrogen (secondary N) is 1. The summed E-state index contributed by atoms with van der Waals surface area (Å²) in [4.78, 5) is 30.0. The summed E-state index contributed by atoms with van der Waals surface area (Å²) < 4.78 is 22.1. The maximum absolute atomic E-state index is 13.8. The van der Waals surface area contributed by atoms with E-state index in [1.165, 1.54) is 16.0 Å². The maximum Gasteiger partial charge on any atom is 0.251 e. The molecule has 1 aliphatic heterocycles.